The molecular formula is C16H22N4O. The SMILES string of the molecule is CNC1CCCc2c1ccc(=O)n2CCn1ccnc1C. The van der Waals surface area contributed by atoms with Gasteiger partial charge in [-0.15, -0.1) is 0 Å². The second kappa shape index (κ2) is 5.85. The highest BCUT2D eigenvalue weighted by Crippen LogP contribution is 2.28. The Balaban J connectivity index is 1.91. The third kappa shape index (κ3) is 2.65. The maximum atomic E-state index is 12.2. The first-order valence-corrected chi connectivity index (χ1v) is 7.58. The smallest absolute Gasteiger partial charge is 0.250 e. The number of aryl methyl sites for hydroxylation is 2. The second-order valence-electron chi connectivity index (χ2n) is 5.63. The van der Waals surface area contributed by atoms with Crippen molar-refractivity contribution in [3.63, 3.8) is 0 Å². The quantitative estimate of drug-likeness (QED) is 0.930. The Bertz CT molecular complexity index is 686. The topological polar surface area (TPSA) is 51.9 Å². The average molecular weight is 286 g/mol. The lowest BCUT2D eigenvalue weighted by molar-refractivity contribution is 0.456. The van der Waals surface area contributed by atoms with E-state index in [0.717, 1.165) is 31.6 Å². The summed E-state index contributed by atoms with van der Waals surface area (Å²) in [5.41, 5.74) is 2.58. The van der Waals surface area contributed by atoms with Crippen LogP contribution in [0.5, 0.6) is 0 Å². The molecule has 5 nitrogen and oxygen atoms in total. The minimum Gasteiger partial charge on any atom is -0.333 e. The Morgan fingerprint density at radius 1 is 1.38 bits per heavy atom. The summed E-state index contributed by atoms with van der Waals surface area (Å²) in [6.45, 7) is 3.47. The van der Waals surface area contributed by atoms with Gasteiger partial charge < -0.3 is 14.5 Å². The van der Waals surface area contributed by atoms with Crippen LogP contribution in [0.4, 0.5) is 0 Å². The molecule has 1 N–H and O–H groups in total. The van der Waals surface area contributed by atoms with E-state index in [2.05, 4.69) is 14.9 Å². The predicted molar refractivity (Wildman–Crippen MR) is 82.4 cm³/mol. The van der Waals surface area contributed by atoms with Crippen LogP contribution in [0.15, 0.2) is 29.3 Å². The van der Waals surface area contributed by atoms with Crippen molar-refractivity contribution in [3.8, 4) is 0 Å². The molecule has 2 aromatic rings. The fraction of sp³-hybridized carbons (Fsp3) is 0.500. The monoisotopic (exact) mass is 286 g/mol. The van der Waals surface area contributed by atoms with Crippen LogP contribution in [0.3, 0.4) is 0 Å². The molecule has 0 fully saturated rings. The fourth-order valence-electron chi connectivity index (χ4n) is 3.25. The third-order valence-corrected chi connectivity index (χ3v) is 4.45. The van der Waals surface area contributed by atoms with Gasteiger partial charge in [0.15, 0.2) is 0 Å². The molecule has 0 saturated heterocycles. The first-order chi connectivity index (χ1) is 10.2. The van der Waals surface area contributed by atoms with E-state index in [1.807, 2.05) is 30.8 Å². The Morgan fingerprint density at radius 3 is 2.95 bits per heavy atom. The van der Waals surface area contributed by atoms with E-state index in [1.165, 1.54) is 11.3 Å². The van der Waals surface area contributed by atoms with Crippen LogP contribution >= 0.6 is 0 Å². The molecular weight excluding hydrogens is 264 g/mol. The number of nitrogens with zero attached hydrogens (tertiary/aromatic N) is 3. The summed E-state index contributed by atoms with van der Waals surface area (Å²) in [6.07, 6.45) is 7.03. The Hall–Kier alpha value is -1.88. The van der Waals surface area contributed by atoms with Crippen LogP contribution in [-0.2, 0) is 19.5 Å². The standard InChI is InChI=1S/C16H22N4O/c1-12-18-8-9-19(12)10-11-20-15-5-3-4-14(17-2)13(15)6-7-16(20)21/h6-9,14,17H,3-5,10-11H2,1-2H3. The van der Waals surface area contributed by atoms with Gasteiger partial charge in [-0.25, -0.2) is 4.98 Å². The van der Waals surface area contributed by atoms with Gasteiger partial charge in [0, 0.05) is 43.3 Å². The lowest BCUT2D eigenvalue weighted by Crippen LogP contribution is -2.31. The molecule has 3 rings (SSSR count). The van der Waals surface area contributed by atoms with Crippen LogP contribution in [0.1, 0.15) is 36.0 Å². The molecule has 0 amide bonds. The highest BCUT2D eigenvalue weighted by molar-refractivity contribution is 5.27. The maximum Gasteiger partial charge on any atom is 0.250 e. The van der Waals surface area contributed by atoms with E-state index in [9.17, 15) is 4.79 Å². The Morgan fingerprint density at radius 2 is 2.24 bits per heavy atom. The van der Waals surface area contributed by atoms with Crippen molar-refractivity contribution in [3.05, 3.63) is 52.0 Å². The summed E-state index contributed by atoms with van der Waals surface area (Å²) in [7, 11) is 1.99. The number of nitrogens with one attached hydrogen (secondary N) is 1. The van der Waals surface area contributed by atoms with Crippen molar-refractivity contribution in [1.29, 1.82) is 0 Å². The largest absolute Gasteiger partial charge is 0.333 e. The zero-order chi connectivity index (χ0) is 14.8. The van der Waals surface area contributed by atoms with E-state index >= 15 is 0 Å². The van der Waals surface area contributed by atoms with Gasteiger partial charge in [-0.2, -0.15) is 0 Å². The summed E-state index contributed by atoms with van der Waals surface area (Å²) in [6, 6.07) is 4.07. The number of hydrogen-bond donors (Lipinski definition) is 1. The number of hydrogen-bond acceptors (Lipinski definition) is 3. The fourth-order valence-corrected chi connectivity index (χ4v) is 3.25. The minimum atomic E-state index is 0.100. The van der Waals surface area contributed by atoms with Crippen molar-refractivity contribution < 1.29 is 0 Å². The van der Waals surface area contributed by atoms with E-state index in [1.54, 1.807) is 12.3 Å². The maximum absolute atomic E-state index is 12.2. The number of imidazole rings is 1. The molecule has 2 heterocycles. The van der Waals surface area contributed by atoms with Gasteiger partial charge in [-0.05, 0) is 38.8 Å². The molecule has 1 atom stereocenters. The van der Waals surface area contributed by atoms with E-state index < -0.39 is 0 Å². The molecule has 0 aromatic carbocycles. The lowest BCUT2D eigenvalue weighted by Gasteiger charge is -2.27. The highest BCUT2D eigenvalue weighted by atomic mass is 16.1. The highest BCUT2D eigenvalue weighted by Gasteiger charge is 2.21. The zero-order valence-corrected chi connectivity index (χ0v) is 12.7. The number of pyridine rings is 1. The average Bonchev–Trinajstić information content (AvgIpc) is 2.91. The van der Waals surface area contributed by atoms with E-state index in [0.29, 0.717) is 12.6 Å². The van der Waals surface area contributed by atoms with Gasteiger partial charge in [0.2, 0.25) is 0 Å². The normalized spacial score (nSPS) is 17.7. The minimum absolute atomic E-state index is 0.100. The summed E-state index contributed by atoms with van der Waals surface area (Å²) in [4.78, 5) is 16.5. The molecule has 2 aromatic heterocycles. The van der Waals surface area contributed by atoms with Gasteiger partial charge in [0.1, 0.15) is 5.82 Å². The number of fused-ring (bicyclic) bond motifs is 1. The van der Waals surface area contributed by atoms with E-state index in [-0.39, 0.29) is 5.56 Å². The van der Waals surface area contributed by atoms with Crippen LogP contribution < -0.4 is 10.9 Å². The summed E-state index contributed by atoms with van der Waals surface area (Å²) in [5, 5.41) is 3.35. The molecule has 0 saturated carbocycles. The van der Waals surface area contributed by atoms with Gasteiger partial charge >= 0.3 is 0 Å². The van der Waals surface area contributed by atoms with E-state index in [4.69, 9.17) is 0 Å². The molecule has 0 spiro atoms. The van der Waals surface area contributed by atoms with Crippen molar-refractivity contribution >= 4 is 0 Å². The molecule has 0 aliphatic heterocycles. The predicted octanol–water partition coefficient (Wildman–Crippen LogP) is 1.65. The van der Waals surface area contributed by atoms with Gasteiger partial charge in [-0.3, -0.25) is 4.79 Å². The molecule has 112 valence electrons. The van der Waals surface area contributed by atoms with Gasteiger partial charge in [-0.1, -0.05) is 6.07 Å². The van der Waals surface area contributed by atoms with Crippen molar-refractivity contribution in [2.75, 3.05) is 7.05 Å². The van der Waals surface area contributed by atoms with Crippen molar-refractivity contribution in [2.24, 2.45) is 0 Å². The molecule has 0 bridgehead atoms. The lowest BCUT2D eigenvalue weighted by atomic mass is 9.91. The summed E-state index contributed by atoms with van der Waals surface area (Å²) in [5.74, 6) is 0.987. The van der Waals surface area contributed by atoms with Crippen LogP contribution in [0.25, 0.3) is 0 Å². The van der Waals surface area contributed by atoms with Crippen LogP contribution in [0, 0.1) is 6.92 Å². The molecule has 0 radical (unpaired) electrons. The number of rotatable bonds is 4. The second-order valence-corrected chi connectivity index (χ2v) is 5.63. The molecule has 1 aliphatic rings. The molecule has 1 aliphatic carbocycles. The first-order valence-electron chi connectivity index (χ1n) is 7.58. The van der Waals surface area contributed by atoms with Gasteiger partial charge in [0.25, 0.3) is 5.56 Å². The summed E-state index contributed by atoms with van der Waals surface area (Å²) < 4.78 is 4.03. The third-order valence-electron chi connectivity index (χ3n) is 4.45. The van der Waals surface area contributed by atoms with Crippen LogP contribution in [-0.4, -0.2) is 21.2 Å². The van der Waals surface area contributed by atoms with Gasteiger partial charge in [0.05, 0.1) is 0 Å². The van der Waals surface area contributed by atoms with Crippen molar-refractivity contribution in [2.45, 2.75) is 45.3 Å². The number of aromatic nitrogens is 3. The van der Waals surface area contributed by atoms with Crippen molar-refractivity contribution in [1.82, 2.24) is 19.4 Å². The molecule has 1 unspecified atom stereocenters. The molecule has 21 heavy (non-hydrogen) atoms. The Kier molecular flexibility index (Phi) is 3.92. The molecule has 5 heteroatoms. The Labute approximate surface area is 124 Å². The zero-order valence-electron chi connectivity index (χ0n) is 12.7. The summed E-state index contributed by atoms with van der Waals surface area (Å²) >= 11 is 0. The van der Waals surface area contributed by atoms with Crippen LogP contribution in [0.2, 0.25) is 0 Å². The first kappa shape index (κ1) is 14.1.